The van der Waals surface area contributed by atoms with E-state index in [0.29, 0.717) is 55.4 Å². The maximum atomic E-state index is 13.1. The monoisotopic (exact) mass is 438 g/mol. The summed E-state index contributed by atoms with van der Waals surface area (Å²) in [7, 11) is 0. The number of phenols is 1. The van der Waals surface area contributed by atoms with E-state index in [1.807, 2.05) is 6.08 Å². The quantitative estimate of drug-likeness (QED) is 0.498. The molecule has 2 aliphatic heterocycles. The summed E-state index contributed by atoms with van der Waals surface area (Å²) in [5, 5.41) is 11.2. The Morgan fingerprint density at radius 3 is 2.72 bits per heavy atom. The second-order valence-corrected chi connectivity index (χ2v) is 8.29. The predicted octanol–water partition coefficient (Wildman–Crippen LogP) is 4.91. The number of carbonyl (C=O) groups is 3. The van der Waals surface area contributed by atoms with E-state index in [1.54, 1.807) is 31.2 Å². The standard InChI is InChI=1S/C25H26O7/c1-15-7-5-10-17(26)9-4-2-3-8-16-13-20-23(24(28)22(16)25(29)31-15)18(14-21(27)32-20)19-11-6-12-30-19/h3,6,8,11-13,15,18,28H,2,4-5,7,9-10,14H2,1H3/b8-3+/t15-,18+/m0/s1. The summed E-state index contributed by atoms with van der Waals surface area (Å²) in [4.78, 5) is 37.3. The molecule has 2 aliphatic rings. The fraction of sp³-hybridized carbons (Fsp3) is 0.400. The molecule has 0 radical (unpaired) electrons. The van der Waals surface area contributed by atoms with Crippen molar-refractivity contribution >= 4 is 23.8 Å². The number of esters is 2. The molecule has 3 heterocycles. The Bertz CT molecular complexity index is 1050. The van der Waals surface area contributed by atoms with Gasteiger partial charge in [0.05, 0.1) is 24.7 Å². The lowest BCUT2D eigenvalue weighted by atomic mass is 9.86. The van der Waals surface area contributed by atoms with Gasteiger partial charge in [-0.05, 0) is 56.4 Å². The van der Waals surface area contributed by atoms with Crippen LogP contribution >= 0.6 is 0 Å². The van der Waals surface area contributed by atoms with E-state index < -0.39 is 24.0 Å². The number of ketones is 1. The van der Waals surface area contributed by atoms with Crippen LogP contribution in [0, 0.1) is 0 Å². The maximum absolute atomic E-state index is 13.1. The molecule has 2 atom stereocenters. The first kappa shape index (κ1) is 21.9. The SMILES string of the molecule is C[C@H]1CCCC(=O)CCC/C=C/c2cc3c(c(O)c2C(=O)O1)[C@@H](c1ccco1)CC(=O)O3. The van der Waals surface area contributed by atoms with Gasteiger partial charge in [0.25, 0.3) is 0 Å². The van der Waals surface area contributed by atoms with Gasteiger partial charge in [-0.3, -0.25) is 9.59 Å². The molecule has 7 heteroatoms. The van der Waals surface area contributed by atoms with Gasteiger partial charge in [-0.25, -0.2) is 4.79 Å². The molecule has 0 bridgehead atoms. The second kappa shape index (κ2) is 9.42. The minimum atomic E-state index is -0.657. The van der Waals surface area contributed by atoms with Gasteiger partial charge in [0, 0.05) is 18.4 Å². The molecule has 0 spiro atoms. The molecule has 1 aromatic carbocycles. The zero-order valence-corrected chi connectivity index (χ0v) is 18.0. The van der Waals surface area contributed by atoms with Crippen LogP contribution in [0.15, 0.2) is 35.0 Å². The molecule has 0 fully saturated rings. The normalized spacial score (nSPS) is 23.3. The topological polar surface area (TPSA) is 103 Å². The number of hydrogen-bond acceptors (Lipinski definition) is 7. The Morgan fingerprint density at radius 2 is 1.94 bits per heavy atom. The van der Waals surface area contributed by atoms with E-state index in [2.05, 4.69) is 0 Å². The number of aromatic hydroxyl groups is 1. The van der Waals surface area contributed by atoms with E-state index in [9.17, 15) is 19.5 Å². The first-order valence-electron chi connectivity index (χ1n) is 11.0. The minimum Gasteiger partial charge on any atom is -0.507 e. The number of rotatable bonds is 1. The maximum Gasteiger partial charge on any atom is 0.342 e. The molecule has 0 aliphatic carbocycles. The lowest BCUT2D eigenvalue weighted by Crippen LogP contribution is -2.23. The molecule has 168 valence electrons. The Labute approximate surface area is 186 Å². The number of cyclic esters (lactones) is 1. The molecular weight excluding hydrogens is 412 g/mol. The lowest BCUT2D eigenvalue weighted by Gasteiger charge is -2.26. The highest BCUT2D eigenvalue weighted by Crippen LogP contribution is 2.47. The van der Waals surface area contributed by atoms with Gasteiger partial charge in [-0.2, -0.15) is 0 Å². The van der Waals surface area contributed by atoms with Crippen molar-refractivity contribution in [3.8, 4) is 11.5 Å². The van der Waals surface area contributed by atoms with Gasteiger partial charge in [-0.1, -0.05) is 12.2 Å². The molecule has 1 aromatic heterocycles. The number of phenolic OH excluding ortho intramolecular Hbond substituents is 1. The largest absolute Gasteiger partial charge is 0.507 e. The van der Waals surface area contributed by atoms with Crippen molar-refractivity contribution in [2.75, 3.05) is 0 Å². The van der Waals surface area contributed by atoms with E-state index in [-0.39, 0.29) is 29.3 Å². The summed E-state index contributed by atoms with van der Waals surface area (Å²) in [6.45, 7) is 1.77. The van der Waals surface area contributed by atoms with Crippen LogP contribution in [0.4, 0.5) is 0 Å². The first-order chi connectivity index (χ1) is 15.4. The lowest BCUT2D eigenvalue weighted by molar-refractivity contribution is -0.135. The fourth-order valence-corrected chi connectivity index (χ4v) is 4.25. The number of furan rings is 1. The highest BCUT2D eigenvalue weighted by atomic mass is 16.5. The Balaban J connectivity index is 1.79. The third-order valence-electron chi connectivity index (χ3n) is 5.86. The molecule has 0 amide bonds. The van der Waals surface area contributed by atoms with Gasteiger partial charge in [0.2, 0.25) is 0 Å². The van der Waals surface area contributed by atoms with E-state index in [4.69, 9.17) is 13.9 Å². The number of fused-ring (bicyclic) bond motifs is 2. The Kier molecular flexibility index (Phi) is 6.44. The molecule has 0 saturated heterocycles. The third kappa shape index (κ3) is 4.61. The summed E-state index contributed by atoms with van der Waals surface area (Å²) in [5.74, 6) is -1.04. The van der Waals surface area contributed by atoms with Crippen LogP contribution in [0.1, 0.15) is 85.0 Å². The first-order valence-corrected chi connectivity index (χ1v) is 11.0. The van der Waals surface area contributed by atoms with Gasteiger partial charge >= 0.3 is 11.9 Å². The van der Waals surface area contributed by atoms with Crippen LogP contribution in [-0.2, 0) is 14.3 Å². The fourth-order valence-electron chi connectivity index (χ4n) is 4.25. The van der Waals surface area contributed by atoms with Gasteiger partial charge in [0.15, 0.2) is 0 Å². The van der Waals surface area contributed by atoms with Gasteiger partial charge < -0.3 is 19.0 Å². The van der Waals surface area contributed by atoms with Crippen molar-refractivity contribution in [3.63, 3.8) is 0 Å². The third-order valence-corrected chi connectivity index (χ3v) is 5.86. The summed E-state index contributed by atoms with van der Waals surface area (Å²) in [6, 6.07) is 5.01. The molecule has 4 rings (SSSR count). The summed E-state index contributed by atoms with van der Waals surface area (Å²) < 4.78 is 16.5. The van der Waals surface area contributed by atoms with Crippen LogP contribution in [-0.4, -0.2) is 28.9 Å². The summed E-state index contributed by atoms with van der Waals surface area (Å²) in [5.41, 5.74) is 0.771. The van der Waals surface area contributed by atoms with Crippen molar-refractivity contribution < 1.29 is 33.4 Å². The molecule has 7 nitrogen and oxygen atoms in total. The highest BCUT2D eigenvalue weighted by Gasteiger charge is 2.36. The zero-order chi connectivity index (χ0) is 22.7. The van der Waals surface area contributed by atoms with Crippen LogP contribution in [0.2, 0.25) is 0 Å². The molecule has 1 N–H and O–H groups in total. The molecule has 0 unspecified atom stereocenters. The Hall–Kier alpha value is -3.35. The van der Waals surface area contributed by atoms with Crippen LogP contribution in [0.3, 0.4) is 0 Å². The molecule has 2 aromatic rings. The van der Waals surface area contributed by atoms with Gasteiger partial charge in [-0.15, -0.1) is 0 Å². The van der Waals surface area contributed by atoms with E-state index >= 15 is 0 Å². The number of Topliss-reactive ketones (excluding diaryl/α,β-unsaturated/α-hetero) is 1. The van der Waals surface area contributed by atoms with Crippen LogP contribution in [0.25, 0.3) is 6.08 Å². The van der Waals surface area contributed by atoms with E-state index in [1.165, 1.54) is 6.26 Å². The van der Waals surface area contributed by atoms with Crippen molar-refractivity contribution in [2.24, 2.45) is 0 Å². The van der Waals surface area contributed by atoms with Crippen LogP contribution in [0.5, 0.6) is 11.5 Å². The highest BCUT2D eigenvalue weighted by molar-refractivity contribution is 5.98. The summed E-state index contributed by atoms with van der Waals surface area (Å²) in [6.07, 6.45) is 8.13. The molecular formula is C25H26O7. The second-order valence-electron chi connectivity index (χ2n) is 8.29. The Morgan fingerprint density at radius 1 is 1.12 bits per heavy atom. The summed E-state index contributed by atoms with van der Waals surface area (Å²) >= 11 is 0. The number of carbonyl (C=O) groups excluding carboxylic acids is 3. The number of benzene rings is 1. The van der Waals surface area contributed by atoms with Crippen molar-refractivity contribution in [1.82, 2.24) is 0 Å². The number of allylic oxidation sites excluding steroid dienone is 1. The minimum absolute atomic E-state index is 0.0117. The molecule has 0 saturated carbocycles. The van der Waals surface area contributed by atoms with E-state index in [0.717, 1.165) is 0 Å². The number of hydrogen-bond donors (Lipinski definition) is 1. The zero-order valence-electron chi connectivity index (χ0n) is 18.0. The van der Waals surface area contributed by atoms with Crippen molar-refractivity contribution in [1.29, 1.82) is 0 Å². The molecule has 32 heavy (non-hydrogen) atoms. The number of ether oxygens (including phenoxy) is 2. The van der Waals surface area contributed by atoms with Crippen molar-refractivity contribution in [3.05, 3.63) is 53.0 Å². The van der Waals surface area contributed by atoms with Crippen molar-refractivity contribution in [2.45, 2.75) is 63.9 Å². The average Bonchev–Trinajstić information content (AvgIpc) is 3.27. The smallest absolute Gasteiger partial charge is 0.342 e. The predicted molar refractivity (Wildman–Crippen MR) is 116 cm³/mol. The average molecular weight is 438 g/mol. The van der Waals surface area contributed by atoms with Crippen LogP contribution < -0.4 is 4.74 Å². The van der Waals surface area contributed by atoms with Gasteiger partial charge in [0.1, 0.15) is 28.6 Å².